The summed E-state index contributed by atoms with van der Waals surface area (Å²) < 4.78 is 27.4. The number of ether oxygens (including phenoxy) is 3. The van der Waals surface area contributed by atoms with Gasteiger partial charge in [-0.15, -0.1) is 0 Å². The van der Waals surface area contributed by atoms with E-state index in [4.69, 9.17) is 31.5 Å². The third kappa shape index (κ3) is 6.67. The zero-order chi connectivity index (χ0) is 14.8. The highest BCUT2D eigenvalue weighted by Gasteiger charge is 2.06. The molecule has 0 fully saturated rings. The van der Waals surface area contributed by atoms with Crippen molar-refractivity contribution in [2.24, 2.45) is 0 Å². The minimum Gasteiger partial charge on any atom is -0.398 e. The van der Waals surface area contributed by atoms with Crippen LogP contribution in [0.4, 0.5) is 5.69 Å². The molecule has 0 radical (unpaired) electrons. The molecule has 0 bridgehead atoms. The third-order valence-corrected chi connectivity index (χ3v) is 4.10. The standard InChI is InChI=1S/C13H20ClNO4S/c1-17-4-5-18-6-7-19-8-9-20(16)11-2-3-13(15)12(14)10-11/h2-3,10H,4-9,15H2,1H3. The van der Waals surface area contributed by atoms with E-state index in [9.17, 15) is 4.21 Å². The highest BCUT2D eigenvalue weighted by molar-refractivity contribution is 7.85. The first kappa shape index (κ1) is 17.4. The largest absolute Gasteiger partial charge is 0.398 e. The van der Waals surface area contributed by atoms with Crippen LogP contribution in [-0.2, 0) is 25.0 Å². The molecule has 0 saturated heterocycles. The van der Waals surface area contributed by atoms with Crippen molar-refractivity contribution in [1.29, 1.82) is 0 Å². The van der Waals surface area contributed by atoms with Gasteiger partial charge in [0, 0.05) is 12.0 Å². The van der Waals surface area contributed by atoms with Crippen molar-refractivity contribution in [2.45, 2.75) is 4.90 Å². The van der Waals surface area contributed by atoms with E-state index in [0.29, 0.717) is 54.4 Å². The van der Waals surface area contributed by atoms with Gasteiger partial charge < -0.3 is 19.9 Å². The summed E-state index contributed by atoms with van der Waals surface area (Å²) in [6.45, 7) is 2.51. The van der Waals surface area contributed by atoms with Gasteiger partial charge in [0.25, 0.3) is 0 Å². The van der Waals surface area contributed by atoms with Crippen LogP contribution < -0.4 is 5.73 Å². The number of methoxy groups -OCH3 is 1. The summed E-state index contributed by atoms with van der Waals surface area (Å²) in [5.74, 6) is 0.415. The maximum Gasteiger partial charge on any atom is 0.0701 e. The second-order valence-corrected chi connectivity index (χ2v) is 5.93. The number of benzene rings is 1. The van der Waals surface area contributed by atoms with Gasteiger partial charge in [0.1, 0.15) is 0 Å². The van der Waals surface area contributed by atoms with Crippen molar-refractivity contribution in [1.82, 2.24) is 0 Å². The topological polar surface area (TPSA) is 70.8 Å². The SMILES string of the molecule is COCCOCCOCCS(=O)c1ccc(N)c(Cl)c1. The molecule has 7 heteroatoms. The monoisotopic (exact) mass is 321 g/mol. The average molecular weight is 322 g/mol. The lowest BCUT2D eigenvalue weighted by Gasteiger charge is -2.06. The molecule has 0 aliphatic carbocycles. The normalized spacial score (nSPS) is 12.5. The first-order valence-electron chi connectivity index (χ1n) is 6.23. The first-order valence-corrected chi connectivity index (χ1v) is 7.92. The predicted molar refractivity (Wildman–Crippen MR) is 80.7 cm³/mol. The molecule has 1 unspecified atom stereocenters. The van der Waals surface area contributed by atoms with Gasteiger partial charge in [0.05, 0.1) is 60.3 Å². The fourth-order valence-electron chi connectivity index (χ4n) is 1.37. The smallest absolute Gasteiger partial charge is 0.0701 e. The van der Waals surface area contributed by atoms with Crippen LogP contribution in [0, 0.1) is 0 Å². The molecule has 1 rings (SSSR count). The Bertz CT molecular complexity index is 431. The van der Waals surface area contributed by atoms with E-state index in [-0.39, 0.29) is 0 Å². The average Bonchev–Trinajstić information content (AvgIpc) is 2.44. The molecule has 0 spiro atoms. The Morgan fingerprint density at radius 1 is 1.15 bits per heavy atom. The molecule has 1 atom stereocenters. The third-order valence-electron chi connectivity index (χ3n) is 2.45. The van der Waals surface area contributed by atoms with Crippen molar-refractivity contribution in [3.05, 3.63) is 23.2 Å². The van der Waals surface area contributed by atoms with Crippen LogP contribution in [0.2, 0.25) is 5.02 Å². The Balaban J connectivity index is 2.15. The van der Waals surface area contributed by atoms with Crippen LogP contribution in [0.1, 0.15) is 0 Å². The van der Waals surface area contributed by atoms with E-state index >= 15 is 0 Å². The number of anilines is 1. The molecule has 1 aromatic carbocycles. The Morgan fingerprint density at radius 2 is 1.80 bits per heavy atom. The fraction of sp³-hybridized carbons (Fsp3) is 0.538. The van der Waals surface area contributed by atoms with Crippen molar-refractivity contribution in [2.75, 3.05) is 51.6 Å². The molecular formula is C13H20ClNO4S. The maximum atomic E-state index is 12.0. The summed E-state index contributed by atoms with van der Waals surface area (Å²) >= 11 is 5.88. The Hall–Kier alpha value is -0.660. The van der Waals surface area contributed by atoms with Gasteiger partial charge in [-0.3, -0.25) is 4.21 Å². The lowest BCUT2D eigenvalue weighted by molar-refractivity contribution is 0.0285. The molecule has 5 nitrogen and oxygen atoms in total. The van der Waals surface area contributed by atoms with Gasteiger partial charge in [-0.05, 0) is 18.2 Å². The van der Waals surface area contributed by atoms with Crippen LogP contribution in [0.5, 0.6) is 0 Å². The minimum atomic E-state index is -1.14. The number of halogens is 1. The van der Waals surface area contributed by atoms with Gasteiger partial charge >= 0.3 is 0 Å². The zero-order valence-corrected chi connectivity index (χ0v) is 13.0. The molecule has 0 aromatic heterocycles. The Kier molecular flexibility index (Phi) is 8.80. The lowest BCUT2D eigenvalue weighted by atomic mass is 10.3. The van der Waals surface area contributed by atoms with Gasteiger partial charge in [0.2, 0.25) is 0 Å². The number of nitrogen functional groups attached to an aromatic ring is 1. The van der Waals surface area contributed by atoms with Gasteiger partial charge in [-0.25, -0.2) is 0 Å². The molecule has 114 valence electrons. The van der Waals surface area contributed by atoms with E-state index in [1.165, 1.54) is 0 Å². The summed E-state index contributed by atoms with van der Waals surface area (Å²) in [4.78, 5) is 0.657. The van der Waals surface area contributed by atoms with Crippen molar-refractivity contribution in [3.8, 4) is 0 Å². The van der Waals surface area contributed by atoms with Crippen molar-refractivity contribution < 1.29 is 18.4 Å². The summed E-state index contributed by atoms with van der Waals surface area (Å²) in [5.41, 5.74) is 6.08. The molecule has 20 heavy (non-hydrogen) atoms. The first-order chi connectivity index (χ1) is 9.65. The van der Waals surface area contributed by atoms with Crippen LogP contribution in [0.15, 0.2) is 23.1 Å². The Labute approximate surface area is 126 Å². The van der Waals surface area contributed by atoms with Crippen LogP contribution in [0.25, 0.3) is 0 Å². The summed E-state index contributed by atoms with van der Waals surface area (Å²) in [6.07, 6.45) is 0. The zero-order valence-electron chi connectivity index (χ0n) is 11.5. The molecule has 0 heterocycles. The van der Waals surface area contributed by atoms with Gasteiger partial charge in [0.15, 0.2) is 0 Å². The van der Waals surface area contributed by atoms with Crippen LogP contribution in [-0.4, -0.2) is 50.1 Å². The molecular weight excluding hydrogens is 302 g/mol. The summed E-state index contributed by atoms with van der Waals surface area (Å²) in [6, 6.07) is 4.99. The Morgan fingerprint density at radius 3 is 2.45 bits per heavy atom. The second-order valence-electron chi connectivity index (χ2n) is 3.95. The van der Waals surface area contributed by atoms with E-state index < -0.39 is 10.8 Å². The maximum absolute atomic E-state index is 12.0. The number of rotatable bonds is 10. The highest BCUT2D eigenvalue weighted by Crippen LogP contribution is 2.21. The molecule has 0 aliphatic rings. The van der Waals surface area contributed by atoms with Crippen LogP contribution in [0.3, 0.4) is 0 Å². The number of nitrogens with two attached hydrogens (primary N) is 1. The van der Waals surface area contributed by atoms with Crippen molar-refractivity contribution in [3.63, 3.8) is 0 Å². The molecule has 0 saturated carbocycles. The predicted octanol–water partition coefficient (Wildman–Crippen LogP) is 1.71. The highest BCUT2D eigenvalue weighted by atomic mass is 35.5. The van der Waals surface area contributed by atoms with Gasteiger partial charge in [-0.1, -0.05) is 11.6 Å². The fourth-order valence-corrected chi connectivity index (χ4v) is 2.59. The minimum absolute atomic E-state index is 0.405. The summed E-state index contributed by atoms with van der Waals surface area (Å²) in [5, 5.41) is 0.420. The van der Waals surface area contributed by atoms with E-state index in [2.05, 4.69) is 0 Å². The van der Waals surface area contributed by atoms with E-state index in [1.807, 2.05) is 0 Å². The number of hydrogen-bond acceptors (Lipinski definition) is 5. The quantitative estimate of drug-likeness (QED) is 0.525. The molecule has 0 aliphatic heterocycles. The molecule has 0 amide bonds. The molecule has 1 aromatic rings. The second kappa shape index (κ2) is 10.1. The van der Waals surface area contributed by atoms with E-state index in [0.717, 1.165) is 0 Å². The lowest BCUT2D eigenvalue weighted by Crippen LogP contribution is -2.12. The molecule has 2 N–H and O–H groups in total. The van der Waals surface area contributed by atoms with Crippen molar-refractivity contribution >= 4 is 28.1 Å². The van der Waals surface area contributed by atoms with Gasteiger partial charge in [-0.2, -0.15) is 0 Å². The summed E-state index contributed by atoms with van der Waals surface area (Å²) in [7, 11) is 0.486. The van der Waals surface area contributed by atoms with E-state index in [1.54, 1.807) is 25.3 Å². The number of hydrogen-bond donors (Lipinski definition) is 1. The van der Waals surface area contributed by atoms with Crippen LogP contribution >= 0.6 is 11.6 Å².